The lowest BCUT2D eigenvalue weighted by atomic mass is 9.62. The van der Waals surface area contributed by atoms with Crippen LogP contribution in [0.5, 0.6) is 0 Å². The van der Waals surface area contributed by atoms with Gasteiger partial charge in [0, 0.05) is 0 Å². The van der Waals surface area contributed by atoms with Crippen LogP contribution in [0.2, 0.25) is 0 Å². The first-order valence-electron chi connectivity index (χ1n) is 30.1. The topological polar surface area (TPSA) is 0 Å². The molecule has 16 atom stereocenters. The second-order valence-corrected chi connectivity index (χ2v) is 29.4. The molecule has 12 rings (SSSR count). The van der Waals surface area contributed by atoms with Crippen LogP contribution >= 0.6 is 0 Å². The molecule has 12 aliphatic rings. The highest BCUT2D eigenvalue weighted by atomic mass is 14.6. The summed E-state index contributed by atoms with van der Waals surface area (Å²) in [6.45, 7) is 40.6. The minimum absolute atomic E-state index is 0.928. The molecule has 0 aliphatic heterocycles. The van der Waals surface area contributed by atoms with Crippen LogP contribution in [0.3, 0.4) is 0 Å². The van der Waals surface area contributed by atoms with Crippen LogP contribution in [0.1, 0.15) is 210 Å². The van der Waals surface area contributed by atoms with E-state index in [0.29, 0.717) is 0 Å². The van der Waals surface area contributed by atoms with Gasteiger partial charge in [-0.3, -0.25) is 0 Å². The summed E-state index contributed by atoms with van der Waals surface area (Å²) >= 11 is 0. The van der Waals surface area contributed by atoms with Crippen molar-refractivity contribution in [3.63, 3.8) is 0 Å². The molecular weight excluding hydrogens is 793 g/mol. The summed E-state index contributed by atoms with van der Waals surface area (Å²) in [4.78, 5) is 0. The molecule has 0 amide bonds. The fraction of sp³-hybridized carbons (Fsp3) is 0.879. The highest BCUT2D eigenvalue weighted by molar-refractivity contribution is 5.22. The summed E-state index contributed by atoms with van der Waals surface area (Å²) in [5.74, 6) is 26.9. The van der Waals surface area contributed by atoms with E-state index in [1.54, 1.807) is 64.2 Å². The fourth-order valence-electron chi connectivity index (χ4n) is 16.4. The van der Waals surface area contributed by atoms with E-state index in [-0.39, 0.29) is 0 Å². The zero-order valence-corrected chi connectivity index (χ0v) is 45.4. The van der Waals surface area contributed by atoms with Crippen LogP contribution in [0, 0.1) is 154 Å². The maximum atomic E-state index is 4.04. The maximum Gasteiger partial charge on any atom is -0.0166 e. The molecular formula is C66H108. The summed E-state index contributed by atoms with van der Waals surface area (Å²) in [5.41, 5.74) is 6.07. The minimum Gasteiger partial charge on any atom is -0.0995 e. The van der Waals surface area contributed by atoms with Gasteiger partial charge in [-0.15, -0.1) is 0 Å². The average molecular weight is 902 g/mol. The lowest BCUT2D eigenvalue weighted by Crippen LogP contribution is -2.35. The second-order valence-electron chi connectivity index (χ2n) is 29.4. The zero-order chi connectivity index (χ0) is 46.9. The molecule has 0 aromatic heterocycles. The number of allylic oxidation sites excluding steroid dienone is 4. The third-order valence-electron chi connectivity index (χ3n) is 22.8. The first kappa shape index (κ1) is 49.9. The summed E-state index contributed by atoms with van der Waals surface area (Å²) in [7, 11) is 0. The Balaban J connectivity index is 0.000000112. The van der Waals surface area contributed by atoms with Crippen molar-refractivity contribution in [2.75, 3.05) is 0 Å². The molecule has 0 nitrogen and oxygen atoms in total. The summed E-state index contributed by atoms with van der Waals surface area (Å²) in [6, 6.07) is 0. The van der Waals surface area contributed by atoms with Gasteiger partial charge in [-0.05, 0) is 295 Å². The van der Waals surface area contributed by atoms with E-state index in [0.717, 1.165) is 154 Å². The van der Waals surface area contributed by atoms with Gasteiger partial charge in [0.2, 0.25) is 0 Å². The molecule has 0 heterocycles. The van der Waals surface area contributed by atoms with Crippen molar-refractivity contribution in [1.82, 2.24) is 0 Å². The molecule has 0 N–H and O–H groups in total. The van der Waals surface area contributed by atoms with Gasteiger partial charge in [0.05, 0.1) is 0 Å². The lowest BCUT2D eigenvalue weighted by Gasteiger charge is -2.44. The third kappa shape index (κ3) is 13.3. The first-order valence-corrected chi connectivity index (χ1v) is 30.1. The van der Waals surface area contributed by atoms with E-state index in [4.69, 9.17) is 0 Å². The lowest BCUT2D eigenvalue weighted by molar-refractivity contribution is 0.0600. The normalized spacial score (nSPS) is 46.9. The van der Waals surface area contributed by atoms with Gasteiger partial charge in [0.15, 0.2) is 0 Å². The number of rotatable bonds is 20. The Bertz CT molecular complexity index is 1450. The molecule has 12 fully saturated rings. The summed E-state index contributed by atoms with van der Waals surface area (Å²) in [6.07, 6.45) is 32.8. The van der Waals surface area contributed by atoms with E-state index >= 15 is 0 Å². The highest BCUT2D eigenvalue weighted by Gasteiger charge is 2.50. The van der Waals surface area contributed by atoms with Gasteiger partial charge >= 0.3 is 0 Å². The number of hydrogen-bond donors (Lipinski definition) is 0. The molecule has 12 saturated carbocycles. The van der Waals surface area contributed by atoms with Crippen LogP contribution in [-0.2, 0) is 0 Å². The molecule has 0 aromatic rings. The monoisotopic (exact) mass is 901 g/mol. The largest absolute Gasteiger partial charge is 0.0995 e. The summed E-state index contributed by atoms with van der Waals surface area (Å²) in [5, 5.41) is 0. The Morgan fingerprint density at radius 3 is 0.636 bits per heavy atom. The molecule has 16 unspecified atom stereocenters. The number of hydrogen-bond acceptors (Lipinski definition) is 0. The maximum absolute atomic E-state index is 4.04. The Morgan fingerprint density at radius 2 is 0.500 bits per heavy atom. The standard InChI is InChI=1S/2C19H34.2C14H20/c2*1-11(2)18-9-16(18)7-14-6-15(13(14)5)8-17-10-19(17)12(3)4;2*1-9-3-13(9)7-11-5-12(6-11)8-14-4-10(14)2/h2*11-19H,6-10H2,1-5H3;2*11-14H,1-8H2. The Hall–Kier alpha value is -1.04. The molecule has 372 valence electrons. The van der Waals surface area contributed by atoms with Crippen LogP contribution in [-0.4, -0.2) is 0 Å². The van der Waals surface area contributed by atoms with Crippen LogP contribution in [0.15, 0.2) is 48.6 Å². The van der Waals surface area contributed by atoms with Crippen molar-refractivity contribution in [3.8, 4) is 0 Å². The van der Waals surface area contributed by atoms with Crippen molar-refractivity contribution in [1.29, 1.82) is 0 Å². The summed E-state index contributed by atoms with van der Waals surface area (Å²) < 4.78 is 0. The van der Waals surface area contributed by atoms with Gasteiger partial charge in [-0.25, -0.2) is 0 Å². The van der Waals surface area contributed by atoms with Gasteiger partial charge in [0.1, 0.15) is 0 Å². The highest BCUT2D eigenvalue weighted by Crippen LogP contribution is 2.60. The van der Waals surface area contributed by atoms with Gasteiger partial charge in [-0.2, -0.15) is 0 Å². The van der Waals surface area contributed by atoms with Crippen molar-refractivity contribution in [2.24, 2.45) is 154 Å². The Morgan fingerprint density at radius 1 is 0.303 bits per heavy atom. The quantitative estimate of drug-likeness (QED) is 0.107. The van der Waals surface area contributed by atoms with Gasteiger partial charge < -0.3 is 0 Å². The van der Waals surface area contributed by atoms with Gasteiger partial charge in [-0.1, -0.05) is 118 Å². The fourth-order valence-corrected chi connectivity index (χ4v) is 16.4. The average Bonchev–Trinajstić information content (AvgIpc) is 3.99. The predicted octanol–water partition coefficient (Wildman–Crippen LogP) is 19.1. The van der Waals surface area contributed by atoms with Crippen LogP contribution in [0.25, 0.3) is 0 Å². The predicted molar refractivity (Wildman–Crippen MR) is 286 cm³/mol. The Kier molecular flexibility index (Phi) is 15.6. The second kappa shape index (κ2) is 20.6. The molecule has 0 saturated heterocycles. The minimum atomic E-state index is 0.928. The van der Waals surface area contributed by atoms with Crippen molar-refractivity contribution in [3.05, 3.63) is 48.6 Å². The van der Waals surface area contributed by atoms with Crippen LogP contribution < -0.4 is 0 Å². The van der Waals surface area contributed by atoms with E-state index < -0.39 is 0 Å². The van der Waals surface area contributed by atoms with E-state index in [9.17, 15) is 0 Å². The van der Waals surface area contributed by atoms with E-state index in [1.165, 1.54) is 99.3 Å². The van der Waals surface area contributed by atoms with E-state index in [1.807, 2.05) is 0 Å². The SMILES string of the molecule is C=C1CC1CC1CC(CC2CC2=C)C1.C=C1CC1CC1CC(CC2CC2=C)C1.CC(C)C1CC1CC1CC(CC2CC2C(C)C)C1C.CC(C)C1CC1CC1CC(CC2CC2C(C)C)C1C. The molecule has 0 heteroatoms. The van der Waals surface area contributed by atoms with Crippen molar-refractivity contribution >= 4 is 0 Å². The molecule has 12 aliphatic carbocycles. The Labute approximate surface area is 411 Å². The third-order valence-corrected chi connectivity index (χ3v) is 22.8. The smallest absolute Gasteiger partial charge is 0.0166 e. The van der Waals surface area contributed by atoms with E-state index in [2.05, 4.69) is 95.6 Å². The van der Waals surface area contributed by atoms with Crippen LogP contribution in [0.4, 0.5) is 0 Å². The first-order chi connectivity index (χ1) is 31.4. The molecule has 66 heavy (non-hydrogen) atoms. The zero-order valence-electron chi connectivity index (χ0n) is 45.4. The van der Waals surface area contributed by atoms with Crippen molar-refractivity contribution in [2.45, 2.75) is 210 Å². The van der Waals surface area contributed by atoms with Gasteiger partial charge in [0.25, 0.3) is 0 Å². The molecule has 0 spiro atoms. The van der Waals surface area contributed by atoms with Crippen molar-refractivity contribution < 1.29 is 0 Å². The molecule has 0 radical (unpaired) electrons. The molecule has 0 aromatic carbocycles. The molecule has 0 bridgehead atoms.